The predicted octanol–water partition coefficient (Wildman–Crippen LogP) is 2.06. The fraction of sp³-hybridized carbons (Fsp3) is 0.421. The molecule has 2 aromatic rings. The number of methoxy groups -OCH3 is 1. The standard InChI is InChI=1S/C19H21FN2O6S/c1-27-11-19(4-5-19)6-7-28-13-3-2-12-8-15(23)18(17(20)14(12)9-13)22-10-16(24)21-29(22,25)26/h2-3,8-9,23H,4-7,10-11H2,1H3,(H,21,24). The lowest BCUT2D eigenvalue weighted by Crippen LogP contribution is -2.30. The van der Waals surface area contributed by atoms with Gasteiger partial charge in [-0.2, -0.15) is 8.42 Å². The summed E-state index contributed by atoms with van der Waals surface area (Å²) in [7, 11) is -2.58. The first-order chi connectivity index (χ1) is 13.7. The molecule has 1 saturated carbocycles. The van der Waals surface area contributed by atoms with E-state index in [4.69, 9.17) is 9.47 Å². The third-order valence-electron chi connectivity index (χ3n) is 5.38. The maximum absolute atomic E-state index is 15.2. The third-order valence-corrected chi connectivity index (χ3v) is 6.76. The van der Waals surface area contributed by atoms with Crippen LogP contribution in [0.4, 0.5) is 10.1 Å². The third kappa shape index (κ3) is 3.69. The van der Waals surface area contributed by atoms with Crippen molar-refractivity contribution in [2.75, 3.05) is 31.2 Å². The summed E-state index contributed by atoms with van der Waals surface area (Å²) in [6, 6.07) is 5.96. The molecule has 4 rings (SSSR count). The molecule has 0 atom stereocenters. The van der Waals surface area contributed by atoms with E-state index in [0.717, 1.165) is 19.3 Å². The van der Waals surface area contributed by atoms with Crippen molar-refractivity contribution in [3.8, 4) is 11.5 Å². The normalized spacial score (nSPS) is 19.4. The number of ether oxygens (including phenoxy) is 2. The number of anilines is 1. The highest BCUT2D eigenvalue weighted by Gasteiger charge is 2.42. The van der Waals surface area contributed by atoms with Gasteiger partial charge in [0.05, 0.1) is 13.2 Å². The maximum atomic E-state index is 15.2. The van der Waals surface area contributed by atoms with Crippen molar-refractivity contribution in [1.29, 1.82) is 0 Å². The minimum absolute atomic E-state index is 0.0860. The zero-order valence-electron chi connectivity index (χ0n) is 15.8. The molecule has 29 heavy (non-hydrogen) atoms. The molecular weight excluding hydrogens is 403 g/mol. The zero-order chi connectivity index (χ0) is 20.8. The van der Waals surface area contributed by atoms with Crippen molar-refractivity contribution < 1.29 is 32.2 Å². The number of nitrogens with zero attached hydrogens (tertiary/aromatic N) is 1. The van der Waals surface area contributed by atoms with E-state index in [1.807, 2.05) is 0 Å². The van der Waals surface area contributed by atoms with Crippen LogP contribution < -0.4 is 13.8 Å². The van der Waals surface area contributed by atoms with Gasteiger partial charge < -0.3 is 14.6 Å². The number of hydrogen-bond donors (Lipinski definition) is 2. The summed E-state index contributed by atoms with van der Waals surface area (Å²) in [5, 5.41) is 10.7. The van der Waals surface area contributed by atoms with Gasteiger partial charge in [0.15, 0.2) is 5.82 Å². The van der Waals surface area contributed by atoms with Gasteiger partial charge in [-0.1, -0.05) is 6.07 Å². The first-order valence-corrected chi connectivity index (χ1v) is 10.6. The van der Waals surface area contributed by atoms with Gasteiger partial charge in [-0.15, -0.1) is 0 Å². The minimum atomic E-state index is -4.25. The van der Waals surface area contributed by atoms with E-state index in [1.54, 1.807) is 24.0 Å². The van der Waals surface area contributed by atoms with E-state index >= 15 is 4.39 Å². The highest BCUT2D eigenvalue weighted by atomic mass is 32.2. The number of fused-ring (bicyclic) bond motifs is 1. The number of benzene rings is 2. The highest BCUT2D eigenvalue weighted by molar-refractivity contribution is 7.92. The zero-order valence-corrected chi connectivity index (χ0v) is 16.6. The Bertz CT molecular complexity index is 1080. The number of aromatic hydroxyl groups is 1. The second-order valence-electron chi connectivity index (χ2n) is 7.51. The Hall–Kier alpha value is -2.59. The lowest BCUT2D eigenvalue weighted by molar-refractivity contribution is -0.117. The van der Waals surface area contributed by atoms with Gasteiger partial charge >= 0.3 is 10.2 Å². The summed E-state index contributed by atoms with van der Waals surface area (Å²) in [4.78, 5) is 11.5. The van der Waals surface area contributed by atoms with Crippen LogP contribution in [-0.4, -0.2) is 46.3 Å². The second kappa shape index (κ2) is 7.03. The van der Waals surface area contributed by atoms with E-state index in [-0.39, 0.29) is 10.8 Å². The molecule has 10 heteroatoms. The first kappa shape index (κ1) is 19.7. The molecule has 1 amide bonds. The Kier molecular flexibility index (Phi) is 4.78. The van der Waals surface area contributed by atoms with Crippen LogP contribution in [0.2, 0.25) is 0 Å². The van der Waals surface area contributed by atoms with Crippen LogP contribution in [0.1, 0.15) is 19.3 Å². The molecule has 1 aliphatic carbocycles. The smallest absolute Gasteiger partial charge is 0.326 e. The number of halogens is 1. The van der Waals surface area contributed by atoms with Crippen LogP contribution in [0.3, 0.4) is 0 Å². The first-order valence-electron chi connectivity index (χ1n) is 9.15. The number of carbonyl (C=O) groups excluding carboxylic acids is 1. The lowest BCUT2D eigenvalue weighted by Gasteiger charge is -2.18. The minimum Gasteiger partial charge on any atom is -0.506 e. The van der Waals surface area contributed by atoms with Crippen molar-refractivity contribution in [2.45, 2.75) is 19.3 Å². The molecule has 0 unspecified atom stereocenters. The van der Waals surface area contributed by atoms with Crippen LogP contribution in [0.5, 0.6) is 11.5 Å². The molecule has 1 aliphatic heterocycles. The summed E-state index contributed by atoms with van der Waals surface area (Å²) in [6.45, 7) is 0.527. The average molecular weight is 424 g/mol. The van der Waals surface area contributed by atoms with Gasteiger partial charge in [0.1, 0.15) is 23.7 Å². The predicted molar refractivity (Wildman–Crippen MR) is 104 cm³/mol. The van der Waals surface area contributed by atoms with E-state index in [2.05, 4.69) is 0 Å². The highest BCUT2D eigenvalue weighted by Crippen LogP contribution is 2.49. The average Bonchev–Trinajstić information content (AvgIpc) is 3.34. The fourth-order valence-electron chi connectivity index (χ4n) is 3.61. The van der Waals surface area contributed by atoms with Crippen LogP contribution >= 0.6 is 0 Å². The van der Waals surface area contributed by atoms with Crippen LogP contribution in [0, 0.1) is 11.2 Å². The van der Waals surface area contributed by atoms with Crippen LogP contribution in [-0.2, 0) is 19.7 Å². The topological polar surface area (TPSA) is 105 Å². The number of phenols is 1. The van der Waals surface area contributed by atoms with Crippen LogP contribution in [0.25, 0.3) is 10.8 Å². The number of phenolic OH excluding ortho intramolecular Hbond substituents is 1. The van der Waals surface area contributed by atoms with Crippen molar-refractivity contribution in [1.82, 2.24) is 4.72 Å². The molecule has 8 nitrogen and oxygen atoms in total. The van der Waals surface area contributed by atoms with Gasteiger partial charge in [0.2, 0.25) is 0 Å². The second-order valence-corrected chi connectivity index (χ2v) is 9.10. The number of carbonyl (C=O) groups is 1. The number of hydrogen-bond acceptors (Lipinski definition) is 6. The largest absolute Gasteiger partial charge is 0.506 e. The monoisotopic (exact) mass is 424 g/mol. The Balaban J connectivity index is 1.61. The molecule has 2 aromatic carbocycles. The van der Waals surface area contributed by atoms with Crippen molar-refractivity contribution in [3.63, 3.8) is 0 Å². The molecule has 1 heterocycles. The van der Waals surface area contributed by atoms with E-state index in [9.17, 15) is 18.3 Å². The van der Waals surface area contributed by atoms with Gasteiger partial charge in [-0.25, -0.2) is 13.4 Å². The Labute approximate surface area is 167 Å². The van der Waals surface area contributed by atoms with Crippen molar-refractivity contribution in [3.05, 3.63) is 30.1 Å². The van der Waals surface area contributed by atoms with Gasteiger partial charge in [-0.3, -0.25) is 4.79 Å². The van der Waals surface area contributed by atoms with E-state index in [1.165, 1.54) is 12.1 Å². The summed E-state index contributed by atoms with van der Waals surface area (Å²) in [5.41, 5.74) is -0.399. The Morgan fingerprint density at radius 2 is 2.07 bits per heavy atom. The summed E-state index contributed by atoms with van der Waals surface area (Å²) < 4.78 is 52.6. The molecule has 2 aliphatic rings. The molecule has 0 aromatic heterocycles. The quantitative estimate of drug-likeness (QED) is 0.705. The molecule has 2 fully saturated rings. The molecule has 2 N–H and O–H groups in total. The van der Waals surface area contributed by atoms with Crippen molar-refractivity contribution >= 4 is 32.6 Å². The van der Waals surface area contributed by atoms with E-state index in [0.29, 0.717) is 28.7 Å². The Morgan fingerprint density at radius 1 is 1.31 bits per heavy atom. The van der Waals surface area contributed by atoms with E-state index < -0.39 is 39.9 Å². The van der Waals surface area contributed by atoms with Crippen molar-refractivity contribution in [2.24, 2.45) is 5.41 Å². The maximum Gasteiger partial charge on any atom is 0.326 e. The molecular formula is C19H21FN2O6S. The molecule has 0 spiro atoms. The van der Waals surface area contributed by atoms with Gasteiger partial charge in [0, 0.05) is 12.5 Å². The number of amides is 1. The Morgan fingerprint density at radius 3 is 2.69 bits per heavy atom. The van der Waals surface area contributed by atoms with Crippen LogP contribution in [0.15, 0.2) is 24.3 Å². The molecule has 0 bridgehead atoms. The number of rotatable bonds is 7. The fourth-order valence-corrected chi connectivity index (χ4v) is 4.78. The summed E-state index contributed by atoms with van der Waals surface area (Å²) in [6.07, 6.45) is 3.01. The number of nitrogens with one attached hydrogen (secondary N) is 1. The summed E-state index contributed by atoms with van der Waals surface area (Å²) >= 11 is 0. The van der Waals surface area contributed by atoms with Gasteiger partial charge in [0.25, 0.3) is 5.91 Å². The SMILES string of the molecule is COCC1(CCOc2ccc3cc(O)c(N4CC(=O)NS4(=O)=O)c(F)c3c2)CC1. The lowest BCUT2D eigenvalue weighted by atomic mass is 10.1. The molecule has 0 radical (unpaired) electrons. The molecule has 1 saturated heterocycles. The molecule has 156 valence electrons. The van der Waals surface area contributed by atoms with Gasteiger partial charge in [-0.05, 0) is 48.3 Å². The summed E-state index contributed by atoms with van der Waals surface area (Å²) in [5.74, 6) is -1.88.